The summed E-state index contributed by atoms with van der Waals surface area (Å²) in [6, 6.07) is 7.16. The van der Waals surface area contributed by atoms with Crippen molar-refractivity contribution in [2.24, 2.45) is 5.92 Å². The summed E-state index contributed by atoms with van der Waals surface area (Å²) in [6.45, 7) is 2.43. The summed E-state index contributed by atoms with van der Waals surface area (Å²) in [7, 11) is 1.31. The molecular weight excluding hydrogens is 348 g/mol. The minimum Gasteiger partial charge on any atom is -0.469 e. The van der Waals surface area contributed by atoms with Crippen LogP contribution in [-0.4, -0.2) is 47.7 Å². The van der Waals surface area contributed by atoms with Gasteiger partial charge < -0.3 is 14.7 Å². The van der Waals surface area contributed by atoms with Crippen molar-refractivity contribution < 1.29 is 24.2 Å². The number of nitrogens with zero attached hydrogens (tertiary/aromatic N) is 2. The molecule has 0 bridgehead atoms. The Bertz CT molecular complexity index is 735. The Labute approximate surface area is 158 Å². The first-order valence-electron chi connectivity index (χ1n) is 9.47. The number of para-hydroxylation sites is 1. The first kappa shape index (κ1) is 19.2. The monoisotopic (exact) mass is 374 g/mol. The minimum atomic E-state index is -0.946. The molecule has 0 aromatic heterocycles. The van der Waals surface area contributed by atoms with E-state index in [1.165, 1.54) is 12.0 Å². The molecule has 0 radical (unpaired) electrons. The first-order chi connectivity index (χ1) is 13.0. The van der Waals surface area contributed by atoms with E-state index in [9.17, 15) is 19.5 Å². The molecule has 2 aliphatic rings. The van der Waals surface area contributed by atoms with E-state index >= 15 is 0 Å². The predicted octanol–water partition coefficient (Wildman–Crippen LogP) is 3.20. The Morgan fingerprint density at radius 1 is 1.22 bits per heavy atom. The highest BCUT2D eigenvalue weighted by Gasteiger charge is 2.48. The van der Waals surface area contributed by atoms with Crippen LogP contribution in [0.4, 0.5) is 10.5 Å². The number of anilines is 1. The number of esters is 1. The van der Waals surface area contributed by atoms with E-state index in [1.54, 1.807) is 0 Å². The minimum absolute atomic E-state index is 0.0511. The third-order valence-electron chi connectivity index (χ3n) is 5.76. The van der Waals surface area contributed by atoms with E-state index in [1.807, 2.05) is 36.1 Å². The van der Waals surface area contributed by atoms with Crippen LogP contribution in [0.1, 0.15) is 50.6 Å². The van der Waals surface area contributed by atoms with E-state index in [4.69, 9.17) is 0 Å². The molecule has 1 aliphatic heterocycles. The van der Waals surface area contributed by atoms with Crippen LogP contribution in [0.3, 0.4) is 0 Å². The van der Waals surface area contributed by atoms with Gasteiger partial charge in [-0.15, -0.1) is 0 Å². The number of carboxylic acid groups (broad SMARTS) is 1. The van der Waals surface area contributed by atoms with Crippen molar-refractivity contribution in [3.8, 4) is 0 Å². The second kappa shape index (κ2) is 7.98. The topological polar surface area (TPSA) is 87.2 Å². The molecule has 0 spiro atoms. The molecule has 1 saturated carbocycles. The molecular formula is C20H26N2O5. The third kappa shape index (κ3) is 3.50. The molecule has 1 unspecified atom stereocenters. The third-order valence-corrected chi connectivity index (χ3v) is 5.76. The van der Waals surface area contributed by atoms with Gasteiger partial charge in [0.1, 0.15) is 0 Å². The fraction of sp³-hybridized carbons (Fsp3) is 0.550. The van der Waals surface area contributed by atoms with Crippen molar-refractivity contribution in [3.05, 3.63) is 29.8 Å². The number of ether oxygens (including phenoxy) is 1. The van der Waals surface area contributed by atoms with Crippen molar-refractivity contribution in [2.45, 2.75) is 51.1 Å². The number of carbonyl (C=O) groups excluding carboxylic acids is 2. The van der Waals surface area contributed by atoms with Gasteiger partial charge in [-0.1, -0.05) is 24.6 Å². The SMILES string of the molecule is CCN(C(=O)CCC(=O)OC)C1c2ccccc2N(C(=O)O)[C@@H]2CCC[C@H]12. The standard InChI is InChI=1S/C20H26N2O5/c1-3-21(17(23)11-12-18(24)27-2)19-13-7-4-5-9-15(13)22(20(25)26)16-10-6-8-14(16)19/h4-5,7,9,14,16,19H,3,6,8,10-12H2,1-2H3,(H,25,26)/t14-,16+,19?/m0/s1. The van der Waals surface area contributed by atoms with Crippen LogP contribution >= 0.6 is 0 Å². The predicted molar refractivity (Wildman–Crippen MR) is 99.5 cm³/mol. The first-order valence-corrected chi connectivity index (χ1v) is 9.47. The summed E-state index contributed by atoms with van der Waals surface area (Å²) in [5.74, 6) is -0.436. The highest BCUT2D eigenvalue weighted by atomic mass is 16.5. The molecule has 1 N–H and O–H groups in total. The quantitative estimate of drug-likeness (QED) is 0.800. The summed E-state index contributed by atoms with van der Waals surface area (Å²) >= 11 is 0. The zero-order valence-corrected chi connectivity index (χ0v) is 15.8. The van der Waals surface area contributed by atoms with Gasteiger partial charge in [-0.25, -0.2) is 4.79 Å². The van der Waals surface area contributed by atoms with Crippen molar-refractivity contribution in [1.29, 1.82) is 0 Å². The number of rotatable bonds is 5. The summed E-state index contributed by atoms with van der Waals surface area (Å²) in [5, 5.41) is 9.79. The average molecular weight is 374 g/mol. The van der Waals surface area contributed by atoms with Crippen molar-refractivity contribution >= 4 is 23.7 Å². The molecule has 2 amide bonds. The maximum Gasteiger partial charge on any atom is 0.412 e. The molecule has 3 atom stereocenters. The van der Waals surface area contributed by atoms with Gasteiger partial charge in [0.25, 0.3) is 0 Å². The zero-order valence-electron chi connectivity index (χ0n) is 15.8. The maximum absolute atomic E-state index is 12.9. The molecule has 7 heteroatoms. The lowest BCUT2D eigenvalue weighted by Gasteiger charge is -2.46. The second-order valence-electron chi connectivity index (χ2n) is 7.07. The van der Waals surface area contributed by atoms with E-state index in [0.717, 1.165) is 24.8 Å². The van der Waals surface area contributed by atoms with Crippen molar-refractivity contribution in [1.82, 2.24) is 4.90 Å². The summed E-state index contributed by atoms with van der Waals surface area (Å²) in [4.78, 5) is 39.6. The number of benzene rings is 1. The number of methoxy groups -OCH3 is 1. The Morgan fingerprint density at radius 2 is 1.96 bits per heavy atom. The largest absolute Gasteiger partial charge is 0.469 e. The number of fused-ring (bicyclic) bond motifs is 2. The number of hydrogen-bond acceptors (Lipinski definition) is 4. The van der Waals surface area contributed by atoms with Gasteiger partial charge in [0.15, 0.2) is 0 Å². The molecule has 7 nitrogen and oxygen atoms in total. The molecule has 1 fully saturated rings. The lowest BCUT2D eigenvalue weighted by molar-refractivity contribution is -0.144. The normalized spacial score (nSPS) is 23.3. The molecule has 1 heterocycles. The molecule has 1 aromatic rings. The van der Waals surface area contributed by atoms with Gasteiger partial charge in [-0.05, 0) is 31.4 Å². The van der Waals surface area contributed by atoms with Crippen LogP contribution in [0.2, 0.25) is 0 Å². The van der Waals surface area contributed by atoms with E-state index in [2.05, 4.69) is 4.74 Å². The van der Waals surface area contributed by atoms with E-state index in [0.29, 0.717) is 12.2 Å². The summed E-state index contributed by atoms with van der Waals surface area (Å²) < 4.78 is 4.64. The molecule has 1 aromatic carbocycles. The Morgan fingerprint density at radius 3 is 2.63 bits per heavy atom. The highest BCUT2D eigenvalue weighted by molar-refractivity contribution is 5.90. The van der Waals surface area contributed by atoms with Crippen LogP contribution in [0.5, 0.6) is 0 Å². The lowest BCUT2D eigenvalue weighted by atomic mass is 9.81. The summed E-state index contributed by atoms with van der Waals surface area (Å²) in [6.07, 6.45) is 1.83. The fourth-order valence-electron chi connectivity index (χ4n) is 4.65. The molecule has 0 saturated heterocycles. The molecule has 27 heavy (non-hydrogen) atoms. The van der Waals surface area contributed by atoms with E-state index < -0.39 is 12.1 Å². The van der Waals surface area contributed by atoms with Crippen LogP contribution < -0.4 is 4.90 Å². The van der Waals surface area contributed by atoms with Crippen molar-refractivity contribution in [3.63, 3.8) is 0 Å². The van der Waals surface area contributed by atoms with Gasteiger partial charge in [0.05, 0.1) is 25.3 Å². The Kier molecular flexibility index (Phi) is 5.68. The lowest BCUT2D eigenvalue weighted by Crippen LogP contribution is -2.52. The number of amides is 2. The van der Waals surface area contributed by atoms with E-state index in [-0.39, 0.29) is 36.8 Å². The number of hydrogen-bond donors (Lipinski definition) is 1. The van der Waals surface area contributed by atoms with Crippen molar-refractivity contribution in [2.75, 3.05) is 18.6 Å². The van der Waals surface area contributed by atoms with Gasteiger partial charge in [-0.2, -0.15) is 0 Å². The number of carbonyl (C=O) groups is 3. The van der Waals surface area contributed by atoms with Crippen LogP contribution in [0.15, 0.2) is 24.3 Å². The van der Waals surface area contributed by atoms with Crippen LogP contribution in [0, 0.1) is 5.92 Å². The summed E-state index contributed by atoms with van der Waals surface area (Å²) in [5.41, 5.74) is 1.54. The molecule has 1 aliphatic carbocycles. The van der Waals surface area contributed by atoms with Gasteiger partial charge in [-0.3, -0.25) is 14.5 Å². The second-order valence-corrected chi connectivity index (χ2v) is 7.07. The zero-order chi connectivity index (χ0) is 19.6. The van der Waals surface area contributed by atoms with Crippen LogP contribution in [-0.2, 0) is 14.3 Å². The molecule has 146 valence electrons. The Balaban J connectivity index is 1.97. The maximum atomic E-state index is 12.9. The highest BCUT2D eigenvalue weighted by Crippen LogP contribution is 2.50. The smallest absolute Gasteiger partial charge is 0.412 e. The van der Waals surface area contributed by atoms with Gasteiger partial charge in [0.2, 0.25) is 5.91 Å². The van der Waals surface area contributed by atoms with Gasteiger partial charge in [0, 0.05) is 24.9 Å². The molecule has 3 rings (SSSR count). The fourth-order valence-corrected chi connectivity index (χ4v) is 4.65. The Hall–Kier alpha value is -2.57. The average Bonchev–Trinajstić information content (AvgIpc) is 3.14. The van der Waals surface area contributed by atoms with Gasteiger partial charge >= 0.3 is 12.1 Å². The van der Waals surface area contributed by atoms with Crippen LogP contribution in [0.25, 0.3) is 0 Å².